The summed E-state index contributed by atoms with van der Waals surface area (Å²) in [6, 6.07) is -2.68. The van der Waals surface area contributed by atoms with Gasteiger partial charge in [-0.1, -0.05) is 5.11 Å². The van der Waals surface area contributed by atoms with Crippen LogP contribution in [-0.4, -0.2) is 117 Å². The molecular weight excluding hydrogens is 596 g/mol. The standard InChI is InChI=1S/C25H36N4O15/c1-10(30)27-19-22(40-14(5)34)21(17(9-38-12(3)32)42-24(19)36-7)44-25-23(41-15(6)35)18(28-29-26)20(39-13(4)33)16(43-25)8-37-11(2)31/h16-25H,8-9H2,1-7H3,(H,27,30)/t16?,17?,18?,19-,20-,21+,22?,23?,24+,25-/m0/s1. The van der Waals surface area contributed by atoms with E-state index >= 15 is 0 Å². The number of carbonyl (C=O) groups is 6. The average molecular weight is 633 g/mol. The summed E-state index contributed by atoms with van der Waals surface area (Å²) in [5.41, 5.74) is 9.34. The lowest BCUT2D eigenvalue weighted by Gasteiger charge is -2.48. The topological polar surface area (TPSA) is 246 Å². The predicted octanol–water partition coefficient (Wildman–Crippen LogP) is -0.427. The van der Waals surface area contributed by atoms with E-state index in [1.54, 1.807) is 0 Å². The molecule has 0 aromatic rings. The molecule has 0 aromatic heterocycles. The van der Waals surface area contributed by atoms with Gasteiger partial charge in [-0.05, 0) is 5.53 Å². The van der Waals surface area contributed by atoms with E-state index in [9.17, 15) is 34.3 Å². The minimum Gasteiger partial charge on any atom is -0.463 e. The zero-order valence-corrected chi connectivity index (χ0v) is 25.2. The Morgan fingerprint density at radius 1 is 0.705 bits per heavy atom. The highest BCUT2D eigenvalue weighted by molar-refractivity contribution is 5.73. The van der Waals surface area contributed by atoms with E-state index in [0.717, 1.165) is 34.6 Å². The summed E-state index contributed by atoms with van der Waals surface area (Å²) in [6.07, 6.45) is -11.4. The van der Waals surface area contributed by atoms with Crippen LogP contribution < -0.4 is 5.32 Å². The van der Waals surface area contributed by atoms with E-state index in [2.05, 4.69) is 15.3 Å². The maximum absolute atomic E-state index is 12.2. The third-order valence-corrected chi connectivity index (χ3v) is 6.15. The number of nitrogens with zero attached hydrogens (tertiary/aromatic N) is 3. The Kier molecular flexibility index (Phi) is 13.7. The van der Waals surface area contributed by atoms with Gasteiger partial charge in [-0.25, -0.2) is 0 Å². The Morgan fingerprint density at radius 3 is 1.64 bits per heavy atom. The molecule has 2 heterocycles. The number of azide groups is 1. The molecule has 5 unspecified atom stereocenters. The van der Waals surface area contributed by atoms with Crippen molar-refractivity contribution in [1.29, 1.82) is 0 Å². The van der Waals surface area contributed by atoms with E-state index in [4.69, 9.17) is 42.6 Å². The first kappa shape index (κ1) is 36.2. The summed E-state index contributed by atoms with van der Waals surface area (Å²) in [5, 5.41) is 6.23. The summed E-state index contributed by atoms with van der Waals surface area (Å²) in [5.74, 6) is -4.50. The first-order valence-corrected chi connectivity index (χ1v) is 13.3. The van der Waals surface area contributed by atoms with Crippen molar-refractivity contribution in [2.45, 2.75) is 103 Å². The van der Waals surface area contributed by atoms with Crippen molar-refractivity contribution in [1.82, 2.24) is 5.32 Å². The fourth-order valence-corrected chi connectivity index (χ4v) is 4.66. The molecule has 246 valence electrons. The molecule has 2 aliphatic rings. The lowest BCUT2D eigenvalue weighted by atomic mass is 9.94. The quantitative estimate of drug-likeness (QED) is 0.0943. The van der Waals surface area contributed by atoms with Crippen LogP contribution in [0.3, 0.4) is 0 Å². The van der Waals surface area contributed by atoms with E-state index in [0.29, 0.717) is 0 Å². The van der Waals surface area contributed by atoms with Crippen LogP contribution >= 0.6 is 0 Å². The summed E-state index contributed by atoms with van der Waals surface area (Å²) >= 11 is 0. The lowest BCUT2D eigenvalue weighted by Crippen LogP contribution is -2.68. The van der Waals surface area contributed by atoms with Crippen LogP contribution in [0.5, 0.6) is 0 Å². The van der Waals surface area contributed by atoms with Crippen molar-refractivity contribution in [3.05, 3.63) is 10.4 Å². The highest BCUT2D eigenvalue weighted by Gasteiger charge is 2.55. The van der Waals surface area contributed by atoms with E-state index in [1.807, 2.05) is 0 Å². The van der Waals surface area contributed by atoms with Crippen LogP contribution in [0.15, 0.2) is 5.11 Å². The molecule has 1 amide bonds. The number of carbonyl (C=O) groups excluding carboxylic acids is 6. The van der Waals surface area contributed by atoms with Gasteiger partial charge in [0, 0.05) is 53.6 Å². The average Bonchev–Trinajstić information content (AvgIpc) is 2.90. The van der Waals surface area contributed by atoms with Crippen molar-refractivity contribution < 1.29 is 71.4 Å². The molecule has 10 atom stereocenters. The summed E-state index contributed by atoms with van der Waals surface area (Å²) < 4.78 is 49.9. The first-order chi connectivity index (χ1) is 20.7. The number of amides is 1. The van der Waals surface area contributed by atoms with E-state index in [-0.39, 0.29) is 0 Å². The van der Waals surface area contributed by atoms with Gasteiger partial charge in [-0.2, -0.15) is 0 Å². The van der Waals surface area contributed by atoms with Crippen molar-refractivity contribution in [2.24, 2.45) is 5.11 Å². The van der Waals surface area contributed by atoms with Gasteiger partial charge in [0.15, 0.2) is 24.8 Å². The minimum absolute atomic E-state index is 0.470. The van der Waals surface area contributed by atoms with Crippen molar-refractivity contribution in [3.63, 3.8) is 0 Å². The zero-order valence-electron chi connectivity index (χ0n) is 25.2. The third kappa shape index (κ3) is 10.3. The Labute approximate surface area is 251 Å². The molecule has 19 nitrogen and oxygen atoms in total. The molecule has 1 N–H and O–H groups in total. The SMILES string of the molecule is CO[C@@H]1OC(COC(C)=O)[C@@H](O[C@@H]2OC(COC(C)=O)[C@H](OC(C)=O)C(N=[N+]=[N-])C2OC(C)=O)C(OC(C)=O)[C@@H]1NC(C)=O. The number of hydrogen-bond acceptors (Lipinski definition) is 16. The monoisotopic (exact) mass is 632 g/mol. The number of methoxy groups -OCH3 is 1. The minimum atomic E-state index is -1.70. The van der Waals surface area contributed by atoms with Crippen LogP contribution in [0, 0.1) is 0 Å². The van der Waals surface area contributed by atoms with Crippen LogP contribution in [0.4, 0.5) is 0 Å². The highest BCUT2D eigenvalue weighted by atomic mass is 16.8. The number of hydrogen-bond donors (Lipinski definition) is 1. The predicted molar refractivity (Wildman–Crippen MR) is 140 cm³/mol. The highest BCUT2D eigenvalue weighted by Crippen LogP contribution is 2.34. The second-order valence-electron chi connectivity index (χ2n) is 9.67. The Morgan fingerprint density at radius 2 is 1.18 bits per heavy atom. The maximum Gasteiger partial charge on any atom is 0.303 e. The van der Waals surface area contributed by atoms with Gasteiger partial charge in [-0.3, -0.25) is 28.8 Å². The van der Waals surface area contributed by atoms with Crippen LogP contribution in [0.2, 0.25) is 0 Å². The second kappa shape index (κ2) is 16.7. The maximum atomic E-state index is 12.2. The number of rotatable bonds is 12. The van der Waals surface area contributed by atoms with Gasteiger partial charge < -0.3 is 47.9 Å². The number of esters is 5. The lowest BCUT2D eigenvalue weighted by molar-refractivity contribution is -0.337. The number of ether oxygens (including phenoxy) is 9. The third-order valence-electron chi connectivity index (χ3n) is 6.15. The zero-order chi connectivity index (χ0) is 33.1. The molecule has 0 saturated carbocycles. The fraction of sp³-hybridized carbons (Fsp3) is 0.760. The molecule has 0 aromatic carbocycles. The van der Waals surface area contributed by atoms with Gasteiger partial charge in [0.05, 0.1) is 0 Å². The molecule has 2 saturated heterocycles. The summed E-state index contributed by atoms with van der Waals surface area (Å²) in [4.78, 5) is 74.5. The van der Waals surface area contributed by atoms with Gasteiger partial charge in [-0.15, -0.1) is 0 Å². The Balaban J connectivity index is 2.67. The van der Waals surface area contributed by atoms with Gasteiger partial charge in [0.25, 0.3) is 0 Å². The van der Waals surface area contributed by atoms with Gasteiger partial charge >= 0.3 is 29.8 Å². The molecule has 44 heavy (non-hydrogen) atoms. The van der Waals surface area contributed by atoms with Crippen molar-refractivity contribution in [2.75, 3.05) is 20.3 Å². The molecular formula is C25H36N4O15. The fourth-order valence-electron chi connectivity index (χ4n) is 4.66. The molecule has 2 fully saturated rings. The molecule has 2 aliphatic heterocycles. The van der Waals surface area contributed by atoms with Crippen molar-refractivity contribution in [3.8, 4) is 0 Å². The molecule has 0 radical (unpaired) electrons. The second-order valence-corrected chi connectivity index (χ2v) is 9.67. The smallest absolute Gasteiger partial charge is 0.303 e. The molecule has 0 bridgehead atoms. The normalized spacial score (nSPS) is 31.3. The molecule has 0 aliphatic carbocycles. The van der Waals surface area contributed by atoms with Crippen LogP contribution in [0.1, 0.15) is 41.5 Å². The van der Waals surface area contributed by atoms with Gasteiger partial charge in [0.1, 0.15) is 49.7 Å². The largest absolute Gasteiger partial charge is 0.463 e. The van der Waals surface area contributed by atoms with Crippen LogP contribution in [0.25, 0.3) is 10.4 Å². The molecule has 2 rings (SSSR count). The molecule has 0 spiro atoms. The Bertz CT molecular complexity index is 1130. The summed E-state index contributed by atoms with van der Waals surface area (Å²) in [6.45, 7) is 5.65. The molecule has 19 heteroatoms. The Hall–Kier alpha value is -4.03. The summed E-state index contributed by atoms with van der Waals surface area (Å²) in [7, 11) is 1.26. The first-order valence-electron chi connectivity index (χ1n) is 13.3. The van der Waals surface area contributed by atoms with Crippen molar-refractivity contribution >= 4 is 35.8 Å². The van der Waals surface area contributed by atoms with Gasteiger partial charge in [0.2, 0.25) is 5.91 Å². The van der Waals surface area contributed by atoms with Crippen LogP contribution in [-0.2, 0) is 71.4 Å². The van der Waals surface area contributed by atoms with E-state index in [1.165, 1.54) is 14.0 Å². The number of nitrogens with one attached hydrogen (secondary N) is 1. The van der Waals surface area contributed by atoms with E-state index < -0.39 is 110 Å².